The van der Waals surface area contributed by atoms with E-state index < -0.39 is 0 Å². The maximum Gasteiger partial charge on any atom is 0.112 e. The van der Waals surface area contributed by atoms with Crippen LogP contribution in [0.1, 0.15) is 55.6 Å². The zero-order chi connectivity index (χ0) is 11.2. The normalized spacial score (nSPS) is 26.5. The lowest BCUT2D eigenvalue weighted by Crippen LogP contribution is -2.28. The molecule has 3 heteroatoms. The SMILES string of the molecule is CC1Cc2nc(C(C)(C)N)sc2C(C)C1. The molecule has 0 spiro atoms. The Morgan fingerprint density at radius 2 is 2.07 bits per heavy atom. The van der Waals surface area contributed by atoms with E-state index >= 15 is 0 Å². The first-order valence-electron chi connectivity index (χ1n) is 5.67. The van der Waals surface area contributed by atoms with Crippen LogP contribution in [0.15, 0.2) is 0 Å². The number of hydrogen-bond acceptors (Lipinski definition) is 3. The molecule has 2 rings (SSSR count). The number of nitrogens with two attached hydrogens (primary N) is 1. The number of nitrogens with zero attached hydrogens (tertiary/aromatic N) is 1. The lowest BCUT2D eigenvalue weighted by molar-refractivity contribution is 0.448. The molecule has 0 fully saturated rings. The molecule has 84 valence electrons. The van der Waals surface area contributed by atoms with Crippen molar-refractivity contribution >= 4 is 11.3 Å². The van der Waals surface area contributed by atoms with Crippen molar-refractivity contribution in [2.24, 2.45) is 11.7 Å². The highest BCUT2D eigenvalue weighted by Crippen LogP contribution is 2.39. The van der Waals surface area contributed by atoms with E-state index in [0.717, 1.165) is 17.3 Å². The Morgan fingerprint density at radius 3 is 2.67 bits per heavy atom. The number of thiazole rings is 1. The second-order valence-corrected chi connectivity index (χ2v) is 6.53. The Kier molecular flexibility index (Phi) is 2.63. The summed E-state index contributed by atoms with van der Waals surface area (Å²) in [6, 6.07) is 0. The van der Waals surface area contributed by atoms with E-state index in [2.05, 4.69) is 13.8 Å². The third kappa shape index (κ3) is 2.08. The smallest absolute Gasteiger partial charge is 0.112 e. The Labute approximate surface area is 95.9 Å². The second kappa shape index (κ2) is 3.56. The third-order valence-electron chi connectivity index (χ3n) is 3.02. The van der Waals surface area contributed by atoms with E-state index in [0.29, 0.717) is 5.92 Å². The summed E-state index contributed by atoms with van der Waals surface area (Å²) in [6.07, 6.45) is 2.42. The lowest BCUT2D eigenvalue weighted by Gasteiger charge is -2.22. The minimum absolute atomic E-state index is 0.287. The summed E-state index contributed by atoms with van der Waals surface area (Å²) in [4.78, 5) is 6.19. The molecule has 0 bridgehead atoms. The summed E-state index contributed by atoms with van der Waals surface area (Å²) in [7, 11) is 0. The molecular formula is C12H20N2S. The van der Waals surface area contributed by atoms with Crippen LogP contribution in [0.25, 0.3) is 0 Å². The molecule has 0 saturated carbocycles. The summed E-state index contributed by atoms with van der Waals surface area (Å²) in [5.74, 6) is 1.43. The minimum atomic E-state index is -0.287. The van der Waals surface area contributed by atoms with E-state index in [1.54, 1.807) is 0 Å². The molecule has 2 N–H and O–H groups in total. The molecular weight excluding hydrogens is 204 g/mol. The molecule has 0 radical (unpaired) electrons. The van der Waals surface area contributed by atoms with Gasteiger partial charge in [-0.1, -0.05) is 13.8 Å². The van der Waals surface area contributed by atoms with Crippen LogP contribution in [0.4, 0.5) is 0 Å². The second-order valence-electron chi connectivity index (χ2n) is 5.50. The van der Waals surface area contributed by atoms with Gasteiger partial charge in [0.05, 0.1) is 11.2 Å². The Hall–Kier alpha value is -0.410. The number of rotatable bonds is 1. The zero-order valence-electron chi connectivity index (χ0n) is 10.0. The fourth-order valence-corrected chi connectivity index (χ4v) is 3.47. The van der Waals surface area contributed by atoms with Crippen molar-refractivity contribution in [2.75, 3.05) is 0 Å². The first kappa shape index (κ1) is 11.1. The highest BCUT2D eigenvalue weighted by molar-refractivity contribution is 7.12. The number of hydrogen-bond donors (Lipinski definition) is 1. The van der Waals surface area contributed by atoms with E-state index in [9.17, 15) is 0 Å². The molecule has 1 aliphatic rings. The van der Waals surface area contributed by atoms with E-state index in [4.69, 9.17) is 10.7 Å². The van der Waals surface area contributed by atoms with Crippen LogP contribution in [-0.4, -0.2) is 4.98 Å². The van der Waals surface area contributed by atoms with Gasteiger partial charge in [0, 0.05) is 4.88 Å². The molecule has 15 heavy (non-hydrogen) atoms. The minimum Gasteiger partial charge on any atom is -0.320 e. The maximum atomic E-state index is 6.10. The van der Waals surface area contributed by atoms with Crippen molar-refractivity contribution in [3.8, 4) is 0 Å². The van der Waals surface area contributed by atoms with Gasteiger partial charge in [-0.2, -0.15) is 0 Å². The van der Waals surface area contributed by atoms with Gasteiger partial charge in [-0.25, -0.2) is 4.98 Å². The largest absolute Gasteiger partial charge is 0.320 e. The van der Waals surface area contributed by atoms with E-state index in [1.165, 1.54) is 17.0 Å². The summed E-state index contributed by atoms with van der Waals surface area (Å²) in [6.45, 7) is 8.68. The molecule has 0 aromatic carbocycles. The highest BCUT2D eigenvalue weighted by Gasteiger charge is 2.28. The Bertz CT molecular complexity index is 362. The van der Waals surface area contributed by atoms with Crippen molar-refractivity contribution < 1.29 is 0 Å². The van der Waals surface area contributed by atoms with Crippen molar-refractivity contribution in [1.29, 1.82) is 0 Å². The fraction of sp³-hybridized carbons (Fsp3) is 0.750. The lowest BCUT2D eigenvalue weighted by atomic mass is 9.86. The van der Waals surface area contributed by atoms with Crippen LogP contribution in [-0.2, 0) is 12.0 Å². The standard InChI is InChI=1S/C12H20N2S/c1-7-5-8(2)10-9(6-7)14-11(15-10)12(3,4)13/h7-8H,5-6,13H2,1-4H3. The summed E-state index contributed by atoms with van der Waals surface area (Å²) >= 11 is 1.82. The van der Waals surface area contributed by atoms with Crippen LogP contribution in [0, 0.1) is 5.92 Å². The molecule has 1 aliphatic carbocycles. The average Bonchev–Trinajstić information content (AvgIpc) is 2.46. The van der Waals surface area contributed by atoms with Crippen LogP contribution in [0.3, 0.4) is 0 Å². The van der Waals surface area contributed by atoms with Gasteiger partial charge in [0.1, 0.15) is 5.01 Å². The molecule has 2 nitrogen and oxygen atoms in total. The van der Waals surface area contributed by atoms with Crippen LogP contribution in [0.2, 0.25) is 0 Å². The predicted octanol–water partition coefficient (Wildman–Crippen LogP) is 3.02. The summed E-state index contributed by atoms with van der Waals surface area (Å²) in [5.41, 5.74) is 7.12. The van der Waals surface area contributed by atoms with Gasteiger partial charge in [0.25, 0.3) is 0 Å². The fourth-order valence-electron chi connectivity index (χ4n) is 2.29. The average molecular weight is 224 g/mol. The third-order valence-corrected chi connectivity index (χ3v) is 4.69. The Balaban J connectivity index is 2.39. The molecule has 0 saturated heterocycles. The number of fused-ring (bicyclic) bond motifs is 1. The van der Waals surface area contributed by atoms with Gasteiger partial charge in [-0.3, -0.25) is 0 Å². The van der Waals surface area contributed by atoms with Gasteiger partial charge < -0.3 is 5.73 Å². The molecule has 1 aromatic rings. The molecule has 1 heterocycles. The topological polar surface area (TPSA) is 38.9 Å². The van der Waals surface area contributed by atoms with Gasteiger partial charge in [0.15, 0.2) is 0 Å². The molecule has 0 aliphatic heterocycles. The van der Waals surface area contributed by atoms with Crippen LogP contribution < -0.4 is 5.73 Å². The van der Waals surface area contributed by atoms with Crippen molar-refractivity contribution in [2.45, 2.75) is 52.0 Å². The molecule has 2 atom stereocenters. The van der Waals surface area contributed by atoms with Gasteiger partial charge in [-0.15, -0.1) is 11.3 Å². The first-order chi connectivity index (χ1) is 6.88. The van der Waals surface area contributed by atoms with Crippen molar-refractivity contribution in [1.82, 2.24) is 4.98 Å². The van der Waals surface area contributed by atoms with Gasteiger partial charge in [-0.05, 0) is 38.5 Å². The van der Waals surface area contributed by atoms with Crippen LogP contribution in [0.5, 0.6) is 0 Å². The quantitative estimate of drug-likeness (QED) is 0.796. The van der Waals surface area contributed by atoms with E-state index in [1.807, 2.05) is 25.2 Å². The Morgan fingerprint density at radius 1 is 1.40 bits per heavy atom. The highest BCUT2D eigenvalue weighted by atomic mass is 32.1. The predicted molar refractivity (Wildman–Crippen MR) is 65.2 cm³/mol. The maximum absolute atomic E-state index is 6.10. The monoisotopic (exact) mass is 224 g/mol. The number of aromatic nitrogens is 1. The van der Waals surface area contributed by atoms with Crippen LogP contribution >= 0.6 is 11.3 Å². The molecule has 0 amide bonds. The molecule has 1 aromatic heterocycles. The first-order valence-corrected chi connectivity index (χ1v) is 6.48. The van der Waals surface area contributed by atoms with Crippen molar-refractivity contribution in [3.05, 3.63) is 15.6 Å². The summed E-state index contributed by atoms with van der Waals surface area (Å²) in [5, 5.41) is 1.09. The van der Waals surface area contributed by atoms with E-state index in [-0.39, 0.29) is 5.54 Å². The van der Waals surface area contributed by atoms with Gasteiger partial charge >= 0.3 is 0 Å². The van der Waals surface area contributed by atoms with Crippen molar-refractivity contribution in [3.63, 3.8) is 0 Å². The van der Waals surface area contributed by atoms with Gasteiger partial charge in [0.2, 0.25) is 0 Å². The zero-order valence-corrected chi connectivity index (χ0v) is 10.8. The summed E-state index contributed by atoms with van der Waals surface area (Å²) < 4.78 is 0. The molecule has 2 unspecified atom stereocenters.